The largest absolute Gasteiger partial charge is 0.392 e. The summed E-state index contributed by atoms with van der Waals surface area (Å²) in [7, 11) is 2.10. The van der Waals surface area contributed by atoms with Crippen molar-refractivity contribution in [3.63, 3.8) is 0 Å². The van der Waals surface area contributed by atoms with E-state index >= 15 is 0 Å². The Labute approximate surface area is 222 Å². The van der Waals surface area contributed by atoms with Gasteiger partial charge in [0.05, 0.1) is 23.7 Å². The monoisotopic (exact) mass is 520 g/mol. The zero-order valence-corrected chi connectivity index (χ0v) is 23.6. The fraction of sp³-hybridized carbons (Fsp3) is 0.862. The number of piperazine rings is 1. The smallest absolute Gasteiger partial charge is 0.171 e. The first-order chi connectivity index (χ1) is 17.1. The highest BCUT2D eigenvalue weighted by atomic mass is 16.5. The van der Waals surface area contributed by atoms with E-state index < -0.39 is 57.5 Å². The molecule has 0 bridgehead atoms. The van der Waals surface area contributed by atoms with Crippen LogP contribution in [0.3, 0.4) is 0 Å². The van der Waals surface area contributed by atoms with Crippen LogP contribution in [-0.2, 0) is 14.3 Å². The number of aliphatic hydroxyl groups excluding tert-OH is 2. The molecule has 0 amide bonds. The van der Waals surface area contributed by atoms with Crippen molar-refractivity contribution in [3.8, 4) is 0 Å². The molecule has 3 N–H and O–H groups in total. The number of rotatable bonds is 6. The second kappa shape index (κ2) is 9.49. The van der Waals surface area contributed by atoms with Crippen LogP contribution >= 0.6 is 0 Å². The summed E-state index contributed by atoms with van der Waals surface area (Å²) in [6.45, 7) is 17.5. The normalized spacial score (nSPS) is 46.7. The van der Waals surface area contributed by atoms with Gasteiger partial charge in [0.25, 0.3) is 0 Å². The fourth-order valence-electron chi connectivity index (χ4n) is 8.54. The average molecular weight is 521 g/mol. The van der Waals surface area contributed by atoms with Crippen molar-refractivity contribution in [2.24, 2.45) is 22.7 Å². The van der Waals surface area contributed by atoms with E-state index in [4.69, 9.17) is 4.74 Å². The molecule has 8 atom stereocenters. The number of hydrogen-bond donors (Lipinski definition) is 3. The molecular formula is C29H48N2O6. The Morgan fingerprint density at radius 3 is 2.35 bits per heavy atom. The zero-order valence-electron chi connectivity index (χ0n) is 23.6. The number of Topliss-reactive ketones (excluding diaryl/α,β-unsaturated/α-hetero) is 2. The van der Waals surface area contributed by atoms with E-state index in [0.29, 0.717) is 19.3 Å². The van der Waals surface area contributed by atoms with Gasteiger partial charge in [-0.1, -0.05) is 26.8 Å². The van der Waals surface area contributed by atoms with Crippen LogP contribution in [0.1, 0.15) is 66.7 Å². The summed E-state index contributed by atoms with van der Waals surface area (Å²) in [6, 6.07) is 0. The van der Waals surface area contributed by atoms with Gasteiger partial charge in [0.1, 0.15) is 11.4 Å². The van der Waals surface area contributed by atoms with Crippen molar-refractivity contribution in [1.29, 1.82) is 0 Å². The molecule has 0 unspecified atom stereocenters. The molecule has 37 heavy (non-hydrogen) atoms. The van der Waals surface area contributed by atoms with E-state index in [2.05, 4.69) is 23.4 Å². The molecule has 0 aromatic rings. The molecule has 0 spiro atoms. The summed E-state index contributed by atoms with van der Waals surface area (Å²) < 4.78 is 6.53. The first kappa shape index (κ1) is 28.8. The van der Waals surface area contributed by atoms with Crippen molar-refractivity contribution >= 4 is 11.6 Å². The molecule has 2 saturated heterocycles. The standard InChI is InChI=1S/C29H48N2O6/c1-8-26(4)18-21(34)29(36)27(5)20(33)11-12-25(2,3)24(27)23(35)22(28(29,6)37-26)19(32)10-9-13-31-16-14-30(7)15-17-31/h8,20,22-24,33,35-36H,1,9-18H2,2-7H3/t20-,22-,23+,24-,26-,27-,28+,29-/m0/s1. The molecule has 0 aromatic carbocycles. The minimum absolute atomic E-state index is 0.113. The summed E-state index contributed by atoms with van der Waals surface area (Å²) in [5.41, 5.74) is -6.88. The Balaban J connectivity index is 1.72. The minimum atomic E-state index is -2.15. The number of nitrogens with zero attached hydrogens (tertiary/aromatic N) is 2. The number of carbonyl (C=O) groups excluding carboxylic acids is 2. The molecule has 0 aromatic heterocycles. The van der Waals surface area contributed by atoms with E-state index in [1.54, 1.807) is 20.8 Å². The molecule has 4 fully saturated rings. The topological polar surface area (TPSA) is 111 Å². The van der Waals surface area contributed by atoms with Crippen molar-refractivity contribution in [2.45, 2.75) is 95.7 Å². The van der Waals surface area contributed by atoms with Crippen LogP contribution < -0.4 is 0 Å². The van der Waals surface area contributed by atoms with Gasteiger partial charge in [-0.2, -0.15) is 0 Å². The lowest BCUT2D eigenvalue weighted by molar-refractivity contribution is -0.355. The Bertz CT molecular complexity index is 931. The van der Waals surface area contributed by atoms with Gasteiger partial charge in [0, 0.05) is 50.4 Å². The van der Waals surface area contributed by atoms with Gasteiger partial charge < -0.3 is 29.9 Å². The lowest BCUT2D eigenvalue weighted by atomic mass is 9.38. The van der Waals surface area contributed by atoms with Gasteiger partial charge in [-0.3, -0.25) is 9.59 Å². The first-order valence-electron chi connectivity index (χ1n) is 14.0. The molecule has 2 aliphatic heterocycles. The van der Waals surface area contributed by atoms with Crippen molar-refractivity contribution < 1.29 is 29.6 Å². The Morgan fingerprint density at radius 1 is 1.14 bits per heavy atom. The Kier molecular flexibility index (Phi) is 7.40. The first-order valence-corrected chi connectivity index (χ1v) is 14.0. The van der Waals surface area contributed by atoms with Gasteiger partial charge >= 0.3 is 0 Å². The quantitative estimate of drug-likeness (QED) is 0.455. The highest BCUT2D eigenvalue weighted by molar-refractivity contribution is 5.95. The number of ether oxygens (including phenoxy) is 1. The highest BCUT2D eigenvalue weighted by Gasteiger charge is 2.81. The number of ketones is 2. The van der Waals surface area contributed by atoms with Crippen molar-refractivity contribution in [1.82, 2.24) is 9.80 Å². The summed E-state index contributed by atoms with van der Waals surface area (Å²) in [5, 5.41) is 35.9. The molecule has 8 heteroatoms. The maximum atomic E-state index is 14.0. The summed E-state index contributed by atoms with van der Waals surface area (Å²) in [6.07, 6.45) is 1.05. The van der Waals surface area contributed by atoms with Crippen LogP contribution in [0.4, 0.5) is 0 Å². The predicted octanol–water partition coefficient (Wildman–Crippen LogP) is 1.80. The maximum Gasteiger partial charge on any atom is 0.171 e. The van der Waals surface area contributed by atoms with Gasteiger partial charge in [0.2, 0.25) is 0 Å². The number of carbonyl (C=O) groups is 2. The third kappa shape index (κ3) is 4.18. The number of hydrogen-bond acceptors (Lipinski definition) is 8. The van der Waals surface area contributed by atoms with E-state index in [1.807, 2.05) is 13.8 Å². The van der Waals surface area contributed by atoms with E-state index in [0.717, 1.165) is 32.7 Å². The van der Waals surface area contributed by atoms with Crippen LogP contribution in [0.15, 0.2) is 12.7 Å². The van der Waals surface area contributed by atoms with E-state index in [-0.39, 0.29) is 18.6 Å². The van der Waals surface area contributed by atoms with E-state index in [1.165, 1.54) is 6.08 Å². The maximum absolute atomic E-state index is 14.0. The fourth-order valence-corrected chi connectivity index (χ4v) is 8.54. The number of likely N-dealkylation sites (N-methyl/N-ethyl adjacent to an activating group) is 1. The van der Waals surface area contributed by atoms with Crippen LogP contribution in [0, 0.1) is 22.7 Å². The van der Waals surface area contributed by atoms with Crippen LogP contribution in [0.2, 0.25) is 0 Å². The second-order valence-electron chi connectivity index (χ2n) is 13.5. The average Bonchev–Trinajstić information content (AvgIpc) is 2.80. The zero-order chi connectivity index (χ0) is 27.6. The Morgan fingerprint density at radius 2 is 1.76 bits per heavy atom. The third-order valence-electron chi connectivity index (χ3n) is 10.6. The molecule has 8 nitrogen and oxygen atoms in total. The second-order valence-corrected chi connectivity index (χ2v) is 13.5. The van der Waals surface area contributed by atoms with Gasteiger partial charge in [0.15, 0.2) is 11.4 Å². The molecular weight excluding hydrogens is 472 g/mol. The van der Waals surface area contributed by atoms with Crippen LogP contribution in [0.25, 0.3) is 0 Å². The van der Waals surface area contributed by atoms with E-state index in [9.17, 15) is 24.9 Å². The van der Waals surface area contributed by atoms with Gasteiger partial charge in [-0.25, -0.2) is 0 Å². The lowest BCUT2D eigenvalue weighted by Crippen LogP contribution is -2.85. The van der Waals surface area contributed by atoms with Crippen LogP contribution in [-0.4, -0.2) is 105 Å². The lowest BCUT2D eigenvalue weighted by Gasteiger charge is -2.71. The summed E-state index contributed by atoms with van der Waals surface area (Å²) >= 11 is 0. The molecule has 4 rings (SSSR count). The highest BCUT2D eigenvalue weighted by Crippen LogP contribution is 2.68. The SMILES string of the molecule is C=C[C@@]1(C)CC(=O)[C@]2(O)[C@@]3(C)[C@@H](O)CCC(C)(C)[C@@H]3[C@H](O)[C@H](C(=O)CCCN3CCN(C)CC3)[C@@]2(C)O1. The molecule has 2 saturated carbocycles. The third-order valence-corrected chi connectivity index (χ3v) is 10.6. The molecule has 4 aliphatic rings. The molecule has 2 heterocycles. The Hall–Kier alpha value is -1.16. The number of aliphatic hydroxyl groups is 3. The van der Waals surface area contributed by atoms with Crippen molar-refractivity contribution in [2.75, 3.05) is 39.8 Å². The molecule has 2 aliphatic carbocycles. The predicted molar refractivity (Wildman–Crippen MR) is 141 cm³/mol. The van der Waals surface area contributed by atoms with Crippen LogP contribution in [0.5, 0.6) is 0 Å². The number of fused-ring (bicyclic) bond motifs is 3. The summed E-state index contributed by atoms with van der Waals surface area (Å²) in [5.74, 6) is -2.46. The minimum Gasteiger partial charge on any atom is -0.392 e. The summed E-state index contributed by atoms with van der Waals surface area (Å²) in [4.78, 5) is 32.6. The van der Waals surface area contributed by atoms with Gasteiger partial charge in [-0.05, 0) is 52.1 Å². The van der Waals surface area contributed by atoms with Gasteiger partial charge in [-0.15, -0.1) is 6.58 Å². The molecule has 0 radical (unpaired) electrons. The molecule has 210 valence electrons. The van der Waals surface area contributed by atoms with Crippen molar-refractivity contribution in [3.05, 3.63) is 12.7 Å².